The van der Waals surface area contributed by atoms with Crippen molar-refractivity contribution in [1.82, 2.24) is 0 Å². The summed E-state index contributed by atoms with van der Waals surface area (Å²) in [6.45, 7) is 0. The van der Waals surface area contributed by atoms with Crippen molar-refractivity contribution in [1.29, 1.82) is 0 Å². The van der Waals surface area contributed by atoms with Crippen molar-refractivity contribution in [3.05, 3.63) is 0 Å². The van der Waals surface area contributed by atoms with Crippen LogP contribution in [0.15, 0.2) is 0 Å². The van der Waals surface area contributed by atoms with Gasteiger partial charge in [-0.2, -0.15) is 0 Å². The molecule has 4 fully saturated rings. The maximum Gasteiger partial charge on any atom is -0.0321 e. The average Bonchev–Trinajstić information content (AvgIpc) is 2.56. The Morgan fingerprint density at radius 1 is 0.727 bits per heavy atom. The maximum atomic E-state index is 1.65. The third-order valence-corrected chi connectivity index (χ3v) is 5.23. The van der Waals surface area contributed by atoms with Crippen LogP contribution in [0.25, 0.3) is 0 Å². The van der Waals surface area contributed by atoms with Gasteiger partial charge in [0.2, 0.25) is 0 Å². The summed E-state index contributed by atoms with van der Waals surface area (Å²) in [5.74, 6) is 7.38. The molecule has 0 nitrogen and oxygen atoms in total. The second kappa shape index (κ2) is 1.53. The molecule has 0 aliphatic heterocycles. The van der Waals surface area contributed by atoms with E-state index in [1.54, 1.807) is 32.1 Å². The summed E-state index contributed by atoms with van der Waals surface area (Å²) in [5.41, 5.74) is 0. The fraction of sp³-hybridized carbons (Fsp3) is 1.00. The lowest BCUT2D eigenvalue weighted by molar-refractivity contribution is 0.114. The summed E-state index contributed by atoms with van der Waals surface area (Å²) >= 11 is 0. The highest BCUT2D eigenvalue weighted by molar-refractivity contribution is 5.13. The second-order valence-corrected chi connectivity index (χ2v) is 5.48. The molecule has 6 unspecified atom stereocenters. The van der Waals surface area contributed by atoms with Gasteiger partial charge in [-0.05, 0) is 61.2 Å². The molecule has 60 valence electrons. The molecular formula is C11H16. The molecule has 4 rings (SSSR count). The first-order chi connectivity index (χ1) is 5.43. The highest BCUT2D eigenvalue weighted by atomic mass is 14.7. The van der Waals surface area contributed by atoms with Crippen molar-refractivity contribution in [3.63, 3.8) is 0 Å². The quantitative estimate of drug-likeness (QED) is 0.495. The van der Waals surface area contributed by atoms with Gasteiger partial charge in [0.25, 0.3) is 0 Å². The Hall–Kier alpha value is 0. The van der Waals surface area contributed by atoms with Gasteiger partial charge >= 0.3 is 0 Å². The van der Waals surface area contributed by atoms with Crippen molar-refractivity contribution in [2.75, 3.05) is 0 Å². The zero-order valence-electron chi connectivity index (χ0n) is 7.00. The van der Waals surface area contributed by atoms with Crippen molar-refractivity contribution in [2.45, 2.75) is 32.1 Å². The first-order valence-electron chi connectivity index (χ1n) is 5.43. The summed E-state index contributed by atoms with van der Waals surface area (Å²) in [5, 5.41) is 0. The number of fused-ring (bicyclic) bond motifs is 2. The molecule has 0 aromatic heterocycles. The van der Waals surface area contributed by atoms with E-state index in [1.807, 2.05) is 0 Å². The van der Waals surface area contributed by atoms with E-state index < -0.39 is 0 Å². The van der Waals surface area contributed by atoms with Crippen LogP contribution in [-0.4, -0.2) is 0 Å². The van der Waals surface area contributed by atoms with Crippen LogP contribution in [0.1, 0.15) is 32.1 Å². The van der Waals surface area contributed by atoms with Gasteiger partial charge in [0.05, 0.1) is 0 Å². The molecule has 0 N–H and O–H groups in total. The molecule has 0 heteroatoms. The lowest BCUT2D eigenvalue weighted by Crippen LogP contribution is -2.29. The highest BCUT2D eigenvalue weighted by Gasteiger charge is 2.64. The maximum absolute atomic E-state index is 1.65. The Labute approximate surface area is 68.4 Å². The Balaban J connectivity index is 1.79. The molecule has 0 saturated heterocycles. The predicted octanol–water partition coefficient (Wildman–Crippen LogP) is 2.69. The van der Waals surface area contributed by atoms with Gasteiger partial charge in [0, 0.05) is 0 Å². The largest absolute Gasteiger partial charge is 0.0502 e. The first kappa shape index (κ1) is 5.61. The van der Waals surface area contributed by atoms with Crippen molar-refractivity contribution in [2.24, 2.45) is 35.5 Å². The standard InChI is InChI=1S/C11H16/c1-2-7-5-10-9-4-6(1)3-8(7)11(9)10/h6-11H,1-5H2. The fourth-order valence-corrected chi connectivity index (χ4v) is 4.85. The molecule has 4 aliphatic carbocycles. The summed E-state index contributed by atoms with van der Waals surface area (Å²) in [6.07, 6.45) is 8.12. The van der Waals surface area contributed by atoms with E-state index in [2.05, 4.69) is 0 Å². The van der Waals surface area contributed by atoms with Crippen molar-refractivity contribution >= 4 is 0 Å². The van der Waals surface area contributed by atoms with Crippen LogP contribution in [0.4, 0.5) is 0 Å². The lowest BCUT2D eigenvalue weighted by Gasteiger charge is -2.39. The van der Waals surface area contributed by atoms with E-state index in [0.717, 1.165) is 0 Å². The van der Waals surface area contributed by atoms with Crippen LogP contribution in [0.2, 0.25) is 0 Å². The normalized spacial score (nSPS) is 69.8. The molecule has 4 saturated carbocycles. The first-order valence-corrected chi connectivity index (χ1v) is 5.43. The van der Waals surface area contributed by atoms with Gasteiger partial charge in [-0.25, -0.2) is 0 Å². The average molecular weight is 148 g/mol. The van der Waals surface area contributed by atoms with Gasteiger partial charge in [-0.3, -0.25) is 0 Å². The van der Waals surface area contributed by atoms with E-state index in [-0.39, 0.29) is 0 Å². The predicted molar refractivity (Wildman–Crippen MR) is 44.0 cm³/mol. The number of hydrogen-bond acceptors (Lipinski definition) is 0. The summed E-state index contributed by atoms with van der Waals surface area (Å²) < 4.78 is 0. The van der Waals surface area contributed by atoms with E-state index in [1.165, 1.54) is 35.5 Å². The number of hydrogen-bond donors (Lipinski definition) is 0. The smallest absolute Gasteiger partial charge is 0.0321 e. The Morgan fingerprint density at radius 2 is 1.55 bits per heavy atom. The minimum Gasteiger partial charge on any atom is -0.0502 e. The third kappa shape index (κ3) is 0.522. The molecule has 0 aromatic carbocycles. The molecule has 6 atom stereocenters. The van der Waals surface area contributed by atoms with Crippen molar-refractivity contribution < 1.29 is 0 Å². The van der Waals surface area contributed by atoms with Gasteiger partial charge in [-0.15, -0.1) is 0 Å². The summed E-state index contributed by atoms with van der Waals surface area (Å²) in [6, 6.07) is 0. The van der Waals surface area contributed by atoms with Crippen LogP contribution in [0.5, 0.6) is 0 Å². The third-order valence-electron chi connectivity index (χ3n) is 5.23. The van der Waals surface area contributed by atoms with Crippen LogP contribution < -0.4 is 0 Å². The molecule has 4 aliphatic rings. The van der Waals surface area contributed by atoms with E-state index >= 15 is 0 Å². The van der Waals surface area contributed by atoms with Crippen LogP contribution in [0.3, 0.4) is 0 Å². The summed E-state index contributed by atoms with van der Waals surface area (Å²) in [7, 11) is 0. The lowest BCUT2D eigenvalue weighted by atomic mass is 9.66. The number of rotatable bonds is 0. The highest BCUT2D eigenvalue weighted by Crippen LogP contribution is 2.72. The van der Waals surface area contributed by atoms with Gasteiger partial charge in [0.15, 0.2) is 0 Å². The van der Waals surface area contributed by atoms with Gasteiger partial charge in [-0.1, -0.05) is 6.42 Å². The second-order valence-electron chi connectivity index (χ2n) is 5.48. The molecule has 0 radical (unpaired) electrons. The monoisotopic (exact) mass is 148 g/mol. The minimum atomic E-state index is 1.18. The molecule has 0 amide bonds. The van der Waals surface area contributed by atoms with Gasteiger partial charge < -0.3 is 0 Å². The van der Waals surface area contributed by atoms with Crippen LogP contribution >= 0.6 is 0 Å². The molecule has 0 spiro atoms. The topological polar surface area (TPSA) is 0 Å². The van der Waals surface area contributed by atoms with Gasteiger partial charge in [0.1, 0.15) is 0 Å². The zero-order chi connectivity index (χ0) is 7.00. The van der Waals surface area contributed by atoms with Crippen LogP contribution in [-0.2, 0) is 0 Å². The Bertz CT molecular complexity index is 198. The summed E-state index contributed by atoms with van der Waals surface area (Å²) in [4.78, 5) is 0. The van der Waals surface area contributed by atoms with Crippen molar-refractivity contribution in [3.8, 4) is 0 Å². The van der Waals surface area contributed by atoms with E-state index in [9.17, 15) is 0 Å². The molecule has 2 bridgehead atoms. The van der Waals surface area contributed by atoms with E-state index in [4.69, 9.17) is 0 Å². The zero-order valence-corrected chi connectivity index (χ0v) is 7.00. The Kier molecular flexibility index (Phi) is 0.781. The molecule has 11 heavy (non-hydrogen) atoms. The SMILES string of the molecule is C1CC2CC3C4CC1CC2C43. The Morgan fingerprint density at radius 3 is 2.55 bits per heavy atom. The molecule has 0 aromatic rings. The van der Waals surface area contributed by atoms with E-state index in [0.29, 0.717) is 0 Å². The van der Waals surface area contributed by atoms with Crippen LogP contribution in [0, 0.1) is 35.5 Å². The fourth-order valence-electron chi connectivity index (χ4n) is 4.85. The molecular weight excluding hydrogens is 132 g/mol. The molecule has 0 heterocycles. The minimum absolute atomic E-state index is 1.18.